The van der Waals surface area contributed by atoms with Crippen LogP contribution in [0.25, 0.3) is 43.4 Å². The molecule has 79 heavy (non-hydrogen) atoms. The van der Waals surface area contributed by atoms with E-state index in [4.69, 9.17) is 20.7 Å². The number of hydrogen-bond acceptors (Lipinski definition) is 14. The smallest absolute Gasteiger partial charge is 0.319 e. The number of aryl methyl sites for hydroxylation is 1. The van der Waals surface area contributed by atoms with Crippen molar-refractivity contribution in [2.75, 3.05) is 68.8 Å². The predicted molar refractivity (Wildman–Crippen MR) is 303 cm³/mol. The summed E-state index contributed by atoms with van der Waals surface area (Å²) in [6.07, 6.45) is 14.2. The van der Waals surface area contributed by atoms with E-state index in [0.717, 1.165) is 105 Å². The molecular weight excluding hydrogens is 1020 g/mol. The Kier molecular flexibility index (Phi) is 14.8. The van der Waals surface area contributed by atoms with Gasteiger partial charge in [-0.15, -0.1) is 17.8 Å². The number of nitrogens with one attached hydrogen (secondary N) is 2. The quantitative estimate of drug-likeness (QED) is 0.0883. The van der Waals surface area contributed by atoms with E-state index < -0.39 is 23.6 Å². The van der Waals surface area contributed by atoms with Crippen LogP contribution in [0.1, 0.15) is 100 Å². The third-order valence-electron chi connectivity index (χ3n) is 17.2. The molecule has 5 aliphatic heterocycles. The molecule has 2 amide bonds. The lowest BCUT2D eigenvalue weighted by molar-refractivity contribution is -0.141. The summed E-state index contributed by atoms with van der Waals surface area (Å²) in [5, 5.41) is 12.9. The Balaban J connectivity index is 0.636. The number of carbonyl (C=O) groups is 2. The van der Waals surface area contributed by atoms with Gasteiger partial charge in [-0.2, -0.15) is 9.97 Å². The summed E-state index contributed by atoms with van der Waals surface area (Å²) in [5.74, 6) is 3.46. The summed E-state index contributed by atoms with van der Waals surface area (Å²) in [6, 6.07) is 18.4. The molecule has 2 bridgehead atoms. The Morgan fingerprint density at radius 2 is 1.71 bits per heavy atom. The molecular formula is C61H67F2N11O4S. The normalized spacial score (nSPS) is 20.7. The summed E-state index contributed by atoms with van der Waals surface area (Å²) in [7, 11) is 0. The molecule has 15 nitrogen and oxygen atoms in total. The zero-order valence-electron chi connectivity index (χ0n) is 45.3. The monoisotopic (exact) mass is 1090 g/mol. The van der Waals surface area contributed by atoms with Gasteiger partial charge < -0.3 is 34.6 Å². The summed E-state index contributed by atoms with van der Waals surface area (Å²) in [6.45, 7) is 14.7. The van der Waals surface area contributed by atoms with Crippen LogP contribution in [0.5, 0.6) is 6.01 Å². The van der Waals surface area contributed by atoms with Gasteiger partial charge in [-0.25, -0.2) is 13.8 Å². The van der Waals surface area contributed by atoms with Crippen LogP contribution in [0.3, 0.4) is 0 Å². The summed E-state index contributed by atoms with van der Waals surface area (Å²) in [4.78, 5) is 56.5. The fraction of sp³-hybridized carbons (Fsp3) is 0.459. The number of rotatable bonds is 16. The molecule has 5 saturated heterocycles. The van der Waals surface area contributed by atoms with Crippen LogP contribution in [-0.4, -0.2) is 124 Å². The number of piperazine rings is 1. The highest BCUT2D eigenvalue weighted by atomic mass is 32.1. The van der Waals surface area contributed by atoms with Crippen LogP contribution in [0.15, 0.2) is 76.9 Å². The van der Waals surface area contributed by atoms with E-state index in [1.54, 1.807) is 40.6 Å². The maximum absolute atomic E-state index is 17.0. The number of likely N-dealkylation sites (tertiary alicyclic amines) is 2. The Morgan fingerprint density at radius 1 is 0.924 bits per heavy atom. The molecule has 5 unspecified atom stereocenters. The summed E-state index contributed by atoms with van der Waals surface area (Å²) < 4.78 is 44.3. The Labute approximate surface area is 463 Å². The van der Waals surface area contributed by atoms with Gasteiger partial charge in [0, 0.05) is 74.6 Å². The van der Waals surface area contributed by atoms with Crippen molar-refractivity contribution in [2.45, 2.75) is 103 Å². The van der Waals surface area contributed by atoms with E-state index >= 15 is 8.78 Å². The first-order valence-electron chi connectivity index (χ1n) is 28.1. The molecule has 0 aliphatic carbocycles. The lowest BCUT2D eigenvalue weighted by Gasteiger charge is -2.42. The average molecular weight is 1090 g/mol. The van der Waals surface area contributed by atoms with Crippen LogP contribution in [0.4, 0.5) is 20.4 Å². The minimum Gasteiger partial charge on any atom is -0.462 e. The second-order valence-corrected chi connectivity index (χ2v) is 23.6. The number of benzene rings is 3. The number of terminal acetylenes is 1. The molecule has 410 valence electrons. The molecule has 5 atom stereocenters. The van der Waals surface area contributed by atoms with Crippen molar-refractivity contribution >= 4 is 56.5 Å². The van der Waals surface area contributed by atoms with Crippen molar-refractivity contribution in [3.05, 3.63) is 107 Å². The van der Waals surface area contributed by atoms with Crippen LogP contribution in [0.2, 0.25) is 0 Å². The Hall–Kier alpha value is -7.07. The number of pyridine rings is 1. The number of anilines is 2. The number of fused-ring (bicyclic) bond motifs is 4. The van der Waals surface area contributed by atoms with Crippen molar-refractivity contribution < 1.29 is 27.6 Å². The van der Waals surface area contributed by atoms with Crippen LogP contribution < -0.4 is 25.2 Å². The van der Waals surface area contributed by atoms with Gasteiger partial charge in [-0.3, -0.25) is 19.5 Å². The first-order chi connectivity index (χ1) is 38.4. The van der Waals surface area contributed by atoms with Crippen molar-refractivity contribution in [1.29, 1.82) is 0 Å². The average Bonchev–Trinajstić information content (AvgIpc) is 4.35. The molecule has 0 radical (unpaired) electrons. The third kappa shape index (κ3) is 10.5. The van der Waals surface area contributed by atoms with Crippen molar-refractivity contribution in [3.63, 3.8) is 0 Å². The van der Waals surface area contributed by atoms with Gasteiger partial charge in [-0.1, -0.05) is 73.5 Å². The number of nitrogens with zero attached hydrogens (tertiary/aromatic N) is 9. The maximum Gasteiger partial charge on any atom is 0.319 e. The molecule has 0 saturated carbocycles. The highest BCUT2D eigenvalue weighted by molar-refractivity contribution is 7.13. The molecule has 7 aromatic rings. The maximum atomic E-state index is 17.0. The zero-order valence-corrected chi connectivity index (χ0v) is 46.1. The van der Waals surface area contributed by atoms with Gasteiger partial charge in [0.25, 0.3) is 0 Å². The molecule has 18 heteroatoms. The van der Waals surface area contributed by atoms with Gasteiger partial charge in [0.05, 0.1) is 33.1 Å². The Bertz CT molecular complexity index is 3430. The van der Waals surface area contributed by atoms with Crippen molar-refractivity contribution in [3.8, 4) is 40.1 Å². The van der Waals surface area contributed by atoms with Gasteiger partial charge in [0.2, 0.25) is 11.8 Å². The molecule has 2 N–H and O–H groups in total. The van der Waals surface area contributed by atoms with Gasteiger partial charge >= 0.3 is 6.01 Å². The van der Waals surface area contributed by atoms with Crippen molar-refractivity contribution in [2.24, 2.45) is 17.8 Å². The SMILES string of the molecule is C#Cc1c(F)ccc2cccc(-c3ncc4c(N5CC6CCC(C5)N6)nc(OCCN5CCC(CC6CN(c7cc(C(C(=O)N8CCCC8C(=O)NC(C)c8ccc(-c9scnc9C)cc8)C(C)C)on7)C6)CC5)nc4c3F)c12. The fourth-order valence-electron chi connectivity index (χ4n) is 13.0. The van der Waals surface area contributed by atoms with Crippen LogP contribution >= 0.6 is 11.3 Å². The number of piperidine rings is 1. The number of hydrogen-bond donors (Lipinski definition) is 2. The minimum absolute atomic E-state index is 0.0347. The van der Waals surface area contributed by atoms with Gasteiger partial charge in [0.1, 0.15) is 41.4 Å². The molecule has 12 rings (SSSR count). The lowest BCUT2D eigenvalue weighted by atomic mass is 9.83. The van der Waals surface area contributed by atoms with E-state index in [1.807, 2.05) is 57.5 Å². The minimum atomic E-state index is -0.639. The topological polar surface area (TPSA) is 158 Å². The second kappa shape index (κ2) is 22.2. The first kappa shape index (κ1) is 52.6. The van der Waals surface area contributed by atoms with E-state index in [0.29, 0.717) is 83.3 Å². The van der Waals surface area contributed by atoms with Crippen molar-refractivity contribution in [1.82, 2.24) is 45.5 Å². The highest BCUT2D eigenvalue weighted by Crippen LogP contribution is 2.40. The van der Waals surface area contributed by atoms with E-state index in [2.05, 4.69) is 63.5 Å². The number of thiazole rings is 1. The predicted octanol–water partition coefficient (Wildman–Crippen LogP) is 9.69. The lowest BCUT2D eigenvalue weighted by Crippen LogP contribution is -2.51. The fourth-order valence-corrected chi connectivity index (χ4v) is 13.8. The van der Waals surface area contributed by atoms with Crippen LogP contribution in [0, 0.1) is 48.7 Å². The summed E-state index contributed by atoms with van der Waals surface area (Å²) >= 11 is 1.61. The number of amides is 2. The number of carbonyl (C=O) groups excluding carboxylic acids is 2. The highest BCUT2D eigenvalue weighted by Gasteiger charge is 2.42. The molecule has 5 aliphatic rings. The number of halogens is 2. The van der Waals surface area contributed by atoms with Crippen LogP contribution in [-0.2, 0) is 9.59 Å². The number of ether oxygens (including phenoxy) is 1. The molecule has 5 fully saturated rings. The number of aromatic nitrogens is 5. The third-order valence-corrected chi connectivity index (χ3v) is 18.2. The Morgan fingerprint density at radius 3 is 2.44 bits per heavy atom. The first-order valence-corrected chi connectivity index (χ1v) is 29.0. The molecule has 3 aromatic carbocycles. The largest absolute Gasteiger partial charge is 0.462 e. The van der Waals surface area contributed by atoms with E-state index in [1.165, 1.54) is 6.07 Å². The second-order valence-electron chi connectivity index (χ2n) is 22.8. The molecule has 0 spiro atoms. The van der Waals surface area contributed by atoms with Gasteiger partial charge in [-0.05, 0) is 112 Å². The van der Waals surface area contributed by atoms with Gasteiger partial charge in [0.15, 0.2) is 17.4 Å². The molecule has 9 heterocycles. The summed E-state index contributed by atoms with van der Waals surface area (Å²) in [5.41, 5.74) is 5.54. The molecule has 4 aromatic heterocycles. The zero-order chi connectivity index (χ0) is 54.5. The van der Waals surface area contributed by atoms with E-state index in [-0.39, 0.29) is 46.6 Å². The van der Waals surface area contributed by atoms with E-state index in [9.17, 15) is 9.59 Å². The standard InChI is InChI=1S/C61H67F2N11O4S/c1-6-45-48(62)19-16-41-9-7-10-46(53(41)45)55-54(63)56-47(29-64-55)58(73-32-43-17-18-44(33-73)67-43)69-61(68-56)77-26-25-71-23-20-38(21-24-71)27-39-30-72(31-39)51-28-50(78-70-51)52(35(2)3)60(76)74-22-8-11-49(74)59(75)66-36(4)40-12-14-42(15-13-40)57-37(5)65-34-79-57/h1,7,9-10,12-16,19,28-29,34-36,38-39,43-44,49,52,67H,8,11,17-18,20-27,30-33H2,2-5H3,(H,66,75).